The van der Waals surface area contributed by atoms with Gasteiger partial charge in [0.1, 0.15) is 5.69 Å². The van der Waals surface area contributed by atoms with Crippen LogP contribution < -0.4 is 5.43 Å². The van der Waals surface area contributed by atoms with Crippen LogP contribution >= 0.6 is 27.5 Å². The van der Waals surface area contributed by atoms with Gasteiger partial charge in [-0.2, -0.15) is 10.2 Å². The average Bonchev–Trinajstić information content (AvgIpc) is 2.76. The molecule has 2 rings (SSSR count). The normalized spacial score (nSPS) is 11.5. The lowest BCUT2D eigenvalue weighted by atomic mass is 10.1. The number of carbonyl (C=O) groups is 1. The molecular weight excluding hydrogens is 344 g/mol. The van der Waals surface area contributed by atoms with Crippen molar-refractivity contribution in [3.05, 3.63) is 51.2 Å². The smallest absolute Gasteiger partial charge is 0.266 e. The van der Waals surface area contributed by atoms with E-state index in [-0.39, 0.29) is 5.91 Å². The Kier molecular flexibility index (Phi) is 4.57. The molecule has 104 valence electrons. The fourth-order valence-corrected chi connectivity index (χ4v) is 2.26. The van der Waals surface area contributed by atoms with Crippen LogP contribution in [0.2, 0.25) is 5.02 Å². The lowest BCUT2D eigenvalue weighted by Gasteiger charge is -2.04. The van der Waals surface area contributed by atoms with Crippen LogP contribution in [0.4, 0.5) is 0 Å². The zero-order valence-corrected chi connectivity index (χ0v) is 13.2. The van der Waals surface area contributed by atoms with Crippen LogP contribution in [0.25, 0.3) is 0 Å². The number of rotatable bonds is 3. The number of aryl methyl sites for hydroxylation is 1. The number of hydrogen-bond acceptors (Lipinski definition) is 3. The van der Waals surface area contributed by atoms with Gasteiger partial charge in [0, 0.05) is 12.1 Å². The van der Waals surface area contributed by atoms with E-state index in [0.717, 1.165) is 5.56 Å². The van der Waals surface area contributed by atoms with Gasteiger partial charge >= 0.3 is 0 Å². The van der Waals surface area contributed by atoms with Crippen LogP contribution in [0.5, 0.6) is 0 Å². The molecule has 0 bridgehead atoms. The summed E-state index contributed by atoms with van der Waals surface area (Å²) >= 11 is 9.09. The van der Waals surface area contributed by atoms with E-state index in [0.29, 0.717) is 20.9 Å². The van der Waals surface area contributed by atoms with E-state index in [1.807, 2.05) is 19.1 Å². The van der Waals surface area contributed by atoms with Gasteiger partial charge in [0.15, 0.2) is 0 Å². The van der Waals surface area contributed by atoms with E-state index in [1.54, 1.807) is 25.4 Å². The van der Waals surface area contributed by atoms with Crippen molar-refractivity contribution in [2.45, 2.75) is 6.92 Å². The van der Waals surface area contributed by atoms with Crippen molar-refractivity contribution in [3.8, 4) is 0 Å². The zero-order valence-electron chi connectivity index (χ0n) is 10.9. The molecular formula is C13H12BrClN4O. The lowest BCUT2D eigenvalue weighted by molar-refractivity contribution is 0.0944. The van der Waals surface area contributed by atoms with E-state index in [4.69, 9.17) is 11.6 Å². The predicted molar refractivity (Wildman–Crippen MR) is 82.0 cm³/mol. The Morgan fingerprint density at radius 2 is 2.05 bits per heavy atom. The highest BCUT2D eigenvalue weighted by Crippen LogP contribution is 2.14. The molecule has 0 spiro atoms. The number of benzene rings is 1. The molecule has 5 nitrogen and oxygen atoms in total. The minimum atomic E-state index is -0.329. The van der Waals surface area contributed by atoms with Gasteiger partial charge < -0.3 is 0 Å². The van der Waals surface area contributed by atoms with Crippen molar-refractivity contribution in [1.82, 2.24) is 15.2 Å². The second-order valence-electron chi connectivity index (χ2n) is 4.11. The van der Waals surface area contributed by atoms with Crippen LogP contribution in [-0.4, -0.2) is 21.4 Å². The first-order valence-corrected chi connectivity index (χ1v) is 6.94. The molecule has 1 N–H and O–H groups in total. The number of nitrogens with one attached hydrogen (secondary N) is 1. The van der Waals surface area contributed by atoms with Crippen LogP contribution in [-0.2, 0) is 7.05 Å². The topological polar surface area (TPSA) is 59.3 Å². The first kappa shape index (κ1) is 14.7. The Hall–Kier alpha value is -1.66. The van der Waals surface area contributed by atoms with E-state index in [1.165, 1.54) is 4.68 Å². The summed E-state index contributed by atoms with van der Waals surface area (Å²) in [4.78, 5) is 12.0. The molecule has 0 atom stereocenters. The maximum atomic E-state index is 12.0. The number of halogens is 2. The third kappa shape index (κ3) is 3.26. The Morgan fingerprint density at radius 1 is 1.40 bits per heavy atom. The fourth-order valence-electron chi connectivity index (χ4n) is 1.61. The minimum Gasteiger partial charge on any atom is -0.266 e. The lowest BCUT2D eigenvalue weighted by Crippen LogP contribution is -2.22. The van der Waals surface area contributed by atoms with Gasteiger partial charge in [-0.15, -0.1) is 0 Å². The summed E-state index contributed by atoms with van der Waals surface area (Å²) in [7, 11) is 1.69. The molecule has 1 amide bonds. The third-order valence-electron chi connectivity index (χ3n) is 2.70. The summed E-state index contributed by atoms with van der Waals surface area (Å²) in [5, 5.41) is 8.71. The number of carbonyl (C=O) groups excluding carboxylic acids is 1. The summed E-state index contributed by atoms with van der Waals surface area (Å²) in [6, 6.07) is 7.23. The molecule has 1 aromatic carbocycles. The Balaban J connectivity index is 2.13. The Bertz CT molecular complexity index is 644. The quantitative estimate of drug-likeness (QED) is 0.679. The highest BCUT2D eigenvalue weighted by molar-refractivity contribution is 9.10. The van der Waals surface area contributed by atoms with Crippen molar-refractivity contribution < 1.29 is 4.79 Å². The number of nitrogens with zero attached hydrogens (tertiary/aromatic N) is 3. The van der Waals surface area contributed by atoms with Crippen molar-refractivity contribution >= 4 is 39.1 Å². The number of amides is 1. The zero-order chi connectivity index (χ0) is 14.7. The molecule has 0 unspecified atom stereocenters. The molecule has 0 aliphatic carbocycles. The summed E-state index contributed by atoms with van der Waals surface area (Å²) in [5.41, 5.74) is 4.50. The third-order valence-corrected chi connectivity index (χ3v) is 3.53. The van der Waals surface area contributed by atoms with Gasteiger partial charge in [0.05, 0.1) is 16.4 Å². The Morgan fingerprint density at radius 3 is 2.60 bits per heavy atom. The molecule has 0 radical (unpaired) electrons. The fraction of sp³-hybridized carbons (Fsp3) is 0.154. The van der Waals surface area contributed by atoms with Crippen molar-refractivity contribution in [3.63, 3.8) is 0 Å². The molecule has 0 saturated carbocycles. The molecule has 2 aromatic rings. The monoisotopic (exact) mass is 354 g/mol. The van der Waals surface area contributed by atoms with Crippen LogP contribution in [0, 0.1) is 0 Å². The predicted octanol–water partition coefficient (Wildman–Crippen LogP) is 2.99. The van der Waals surface area contributed by atoms with Gasteiger partial charge in [-0.1, -0.05) is 23.7 Å². The number of hydrazone groups is 1. The minimum absolute atomic E-state index is 0.329. The van der Waals surface area contributed by atoms with Gasteiger partial charge in [-0.05, 0) is 40.5 Å². The van der Waals surface area contributed by atoms with E-state index in [2.05, 4.69) is 31.6 Å². The van der Waals surface area contributed by atoms with Gasteiger partial charge in [-0.25, -0.2) is 5.43 Å². The summed E-state index contributed by atoms with van der Waals surface area (Å²) in [6.45, 7) is 1.81. The molecule has 20 heavy (non-hydrogen) atoms. The summed E-state index contributed by atoms with van der Waals surface area (Å²) < 4.78 is 2.10. The highest BCUT2D eigenvalue weighted by atomic mass is 79.9. The maximum absolute atomic E-state index is 12.0. The largest absolute Gasteiger partial charge is 0.290 e. The van der Waals surface area contributed by atoms with Gasteiger partial charge in [-0.3, -0.25) is 9.48 Å². The van der Waals surface area contributed by atoms with Gasteiger partial charge in [0.2, 0.25) is 0 Å². The molecule has 0 saturated heterocycles. The highest BCUT2D eigenvalue weighted by Gasteiger charge is 2.14. The average molecular weight is 356 g/mol. The summed E-state index contributed by atoms with van der Waals surface area (Å²) in [5.74, 6) is -0.329. The maximum Gasteiger partial charge on any atom is 0.290 e. The first-order chi connectivity index (χ1) is 9.49. The standard InChI is InChI=1S/C13H12BrClN4O/c1-8(9-3-5-10(15)6-4-9)17-18-13(20)12-11(14)7-16-19(12)2/h3-7H,1-2H3,(H,18,20)/b17-8-. The SMILES string of the molecule is C/C(=N/NC(=O)c1c(Br)cnn1C)c1ccc(Cl)cc1. The Labute approximate surface area is 129 Å². The van der Waals surface area contributed by atoms with Gasteiger partial charge in [0.25, 0.3) is 5.91 Å². The van der Waals surface area contributed by atoms with Crippen molar-refractivity contribution in [1.29, 1.82) is 0 Å². The summed E-state index contributed by atoms with van der Waals surface area (Å²) in [6.07, 6.45) is 1.56. The number of aromatic nitrogens is 2. The molecule has 1 heterocycles. The van der Waals surface area contributed by atoms with Crippen molar-refractivity contribution in [2.75, 3.05) is 0 Å². The van der Waals surface area contributed by atoms with E-state index >= 15 is 0 Å². The van der Waals surface area contributed by atoms with Crippen LogP contribution in [0.15, 0.2) is 40.0 Å². The first-order valence-electron chi connectivity index (χ1n) is 5.77. The second-order valence-corrected chi connectivity index (χ2v) is 5.40. The van der Waals surface area contributed by atoms with Crippen molar-refractivity contribution in [2.24, 2.45) is 12.1 Å². The molecule has 0 fully saturated rings. The second kappa shape index (κ2) is 6.19. The molecule has 0 aliphatic rings. The van der Waals surface area contributed by atoms with Crippen LogP contribution in [0.3, 0.4) is 0 Å². The number of hydrogen-bond donors (Lipinski definition) is 1. The van der Waals surface area contributed by atoms with E-state index in [9.17, 15) is 4.79 Å². The molecule has 7 heteroatoms. The molecule has 0 aliphatic heterocycles. The molecule has 1 aromatic heterocycles. The van der Waals surface area contributed by atoms with Crippen LogP contribution in [0.1, 0.15) is 23.0 Å². The van der Waals surface area contributed by atoms with E-state index < -0.39 is 0 Å².